The summed E-state index contributed by atoms with van der Waals surface area (Å²) >= 11 is 1.27. The molecule has 0 bridgehead atoms. The van der Waals surface area contributed by atoms with Crippen molar-refractivity contribution in [3.63, 3.8) is 0 Å². The van der Waals surface area contributed by atoms with E-state index in [-0.39, 0.29) is 5.78 Å². The normalized spacial score (nSPS) is 16.4. The molecule has 16 heavy (non-hydrogen) atoms. The van der Waals surface area contributed by atoms with Crippen LogP contribution in [0.2, 0.25) is 0 Å². The number of alkyl halides is 3. The van der Waals surface area contributed by atoms with Gasteiger partial charge in [-0.1, -0.05) is 12.1 Å². The van der Waals surface area contributed by atoms with Crippen molar-refractivity contribution in [1.29, 1.82) is 0 Å². The lowest BCUT2D eigenvalue weighted by Gasteiger charge is -2.08. The molecule has 2 rings (SSSR count). The lowest BCUT2D eigenvalue weighted by molar-refractivity contribution is -0.137. The first-order valence-electron chi connectivity index (χ1n) is 4.52. The van der Waals surface area contributed by atoms with Gasteiger partial charge in [-0.3, -0.25) is 4.79 Å². The fourth-order valence-corrected chi connectivity index (χ4v) is 2.28. The van der Waals surface area contributed by atoms with E-state index in [9.17, 15) is 18.0 Å². The first-order valence-corrected chi connectivity index (χ1v) is 5.50. The second-order valence-corrected chi connectivity index (χ2v) is 4.36. The third-order valence-corrected chi connectivity index (χ3v) is 3.23. The van der Waals surface area contributed by atoms with E-state index in [1.165, 1.54) is 23.9 Å². The van der Waals surface area contributed by atoms with Crippen molar-refractivity contribution in [1.82, 2.24) is 0 Å². The molecule has 0 amide bonds. The number of ketones is 1. The zero-order chi connectivity index (χ0) is 11.8. The van der Waals surface area contributed by atoms with Gasteiger partial charge < -0.3 is 0 Å². The average molecular weight is 244 g/mol. The van der Waals surface area contributed by atoms with Gasteiger partial charge in [0.25, 0.3) is 0 Å². The molecule has 0 unspecified atom stereocenters. The second-order valence-electron chi connectivity index (χ2n) is 3.34. The SMILES string of the molecule is O=C1C=C(c2cccc(C(F)(F)F)c2)SC1. The largest absolute Gasteiger partial charge is 0.416 e. The van der Waals surface area contributed by atoms with Crippen LogP contribution in [0.3, 0.4) is 0 Å². The molecule has 0 spiro atoms. The maximum Gasteiger partial charge on any atom is 0.416 e. The topological polar surface area (TPSA) is 17.1 Å². The molecule has 1 nitrogen and oxygen atoms in total. The number of hydrogen-bond acceptors (Lipinski definition) is 2. The smallest absolute Gasteiger partial charge is 0.294 e. The van der Waals surface area contributed by atoms with Crippen LogP contribution < -0.4 is 0 Å². The van der Waals surface area contributed by atoms with Crippen molar-refractivity contribution in [2.75, 3.05) is 5.75 Å². The minimum atomic E-state index is -4.34. The highest BCUT2D eigenvalue weighted by molar-refractivity contribution is 8.09. The molecule has 0 fully saturated rings. The van der Waals surface area contributed by atoms with Gasteiger partial charge in [0.15, 0.2) is 5.78 Å². The van der Waals surface area contributed by atoms with Crippen LogP contribution in [0.5, 0.6) is 0 Å². The molecule has 0 aromatic heterocycles. The summed E-state index contributed by atoms with van der Waals surface area (Å²) in [5, 5.41) is 0. The van der Waals surface area contributed by atoms with Crippen LogP contribution >= 0.6 is 11.8 Å². The maximum absolute atomic E-state index is 12.4. The zero-order valence-corrected chi connectivity index (χ0v) is 8.86. The number of allylic oxidation sites excluding steroid dienone is 1. The highest BCUT2D eigenvalue weighted by atomic mass is 32.2. The summed E-state index contributed by atoms with van der Waals surface area (Å²) in [4.78, 5) is 11.6. The van der Waals surface area contributed by atoms with Crippen LogP contribution in [0.15, 0.2) is 30.3 Å². The first-order chi connectivity index (χ1) is 7.47. The van der Waals surface area contributed by atoms with E-state index in [0.29, 0.717) is 16.2 Å². The van der Waals surface area contributed by atoms with E-state index in [1.54, 1.807) is 6.07 Å². The minimum absolute atomic E-state index is 0.0580. The van der Waals surface area contributed by atoms with E-state index < -0.39 is 11.7 Å². The van der Waals surface area contributed by atoms with E-state index >= 15 is 0 Å². The molecule has 1 heterocycles. The second kappa shape index (κ2) is 3.97. The van der Waals surface area contributed by atoms with Crippen LogP contribution in [-0.4, -0.2) is 11.5 Å². The molecule has 0 aliphatic carbocycles. The summed E-state index contributed by atoms with van der Waals surface area (Å²) in [6, 6.07) is 5.01. The van der Waals surface area contributed by atoms with Crippen molar-refractivity contribution in [2.24, 2.45) is 0 Å². The predicted molar refractivity (Wildman–Crippen MR) is 56.9 cm³/mol. The predicted octanol–water partition coefficient (Wildman–Crippen LogP) is 3.36. The lowest BCUT2D eigenvalue weighted by Crippen LogP contribution is -2.04. The molecule has 5 heteroatoms. The summed E-state index contributed by atoms with van der Waals surface area (Å²) in [7, 11) is 0. The number of hydrogen-bond donors (Lipinski definition) is 0. The van der Waals surface area contributed by atoms with Gasteiger partial charge in [0.05, 0.1) is 11.3 Å². The molecule has 84 valence electrons. The van der Waals surface area contributed by atoms with E-state index in [1.807, 2.05) is 0 Å². The standard InChI is InChI=1S/C11H7F3OS/c12-11(13,14)8-3-1-2-7(4-8)10-5-9(15)6-16-10/h1-5H,6H2. The number of thioether (sulfide) groups is 1. The van der Waals surface area contributed by atoms with E-state index in [2.05, 4.69) is 0 Å². The quantitative estimate of drug-likeness (QED) is 0.753. The molecule has 0 saturated carbocycles. The van der Waals surface area contributed by atoms with Gasteiger partial charge in [0.1, 0.15) is 0 Å². The number of halogens is 3. The Morgan fingerprint density at radius 2 is 2.00 bits per heavy atom. The van der Waals surface area contributed by atoms with Gasteiger partial charge in [-0.25, -0.2) is 0 Å². The Hall–Kier alpha value is -1.23. The number of rotatable bonds is 1. The van der Waals surface area contributed by atoms with Crippen LogP contribution in [0.4, 0.5) is 13.2 Å². The molecule has 1 aliphatic rings. The van der Waals surface area contributed by atoms with Crippen molar-refractivity contribution >= 4 is 22.5 Å². The van der Waals surface area contributed by atoms with Crippen molar-refractivity contribution in [3.8, 4) is 0 Å². The number of carbonyl (C=O) groups is 1. The Morgan fingerprint density at radius 1 is 1.25 bits per heavy atom. The molecule has 0 atom stereocenters. The summed E-state index contributed by atoms with van der Waals surface area (Å²) < 4.78 is 37.3. The zero-order valence-electron chi connectivity index (χ0n) is 8.04. The van der Waals surface area contributed by atoms with Crippen LogP contribution in [-0.2, 0) is 11.0 Å². The van der Waals surface area contributed by atoms with E-state index in [4.69, 9.17) is 0 Å². The van der Waals surface area contributed by atoms with Gasteiger partial charge in [-0.2, -0.15) is 13.2 Å². The molecule has 0 radical (unpaired) electrons. The number of carbonyl (C=O) groups excluding carboxylic acids is 1. The number of benzene rings is 1. The molecule has 1 aliphatic heterocycles. The molecular weight excluding hydrogens is 237 g/mol. The van der Waals surface area contributed by atoms with Gasteiger partial charge in [-0.15, -0.1) is 11.8 Å². The van der Waals surface area contributed by atoms with Gasteiger partial charge in [0, 0.05) is 4.91 Å². The average Bonchev–Trinajstić information content (AvgIpc) is 2.64. The summed E-state index contributed by atoms with van der Waals surface area (Å²) in [6.07, 6.45) is -2.95. The Bertz CT molecular complexity index is 463. The van der Waals surface area contributed by atoms with Crippen molar-refractivity contribution < 1.29 is 18.0 Å². The minimum Gasteiger partial charge on any atom is -0.294 e. The van der Waals surface area contributed by atoms with E-state index in [0.717, 1.165) is 12.1 Å². The summed E-state index contributed by atoms with van der Waals surface area (Å²) in [5.74, 6) is 0.253. The van der Waals surface area contributed by atoms with Crippen LogP contribution in [0.25, 0.3) is 4.91 Å². The highest BCUT2D eigenvalue weighted by Crippen LogP contribution is 2.36. The fourth-order valence-electron chi connectivity index (χ4n) is 1.39. The van der Waals surface area contributed by atoms with Crippen molar-refractivity contribution in [2.45, 2.75) is 6.18 Å². The maximum atomic E-state index is 12.4. The molecular formula is C11H7F3OS. The molecule has 0 saturated heterocycles. The summed E-state index contributed by atoms with van der Waals surface area (Å²) in [5.41, 5.74) is -0.239. The molecule has 0 N–H and O–H groups in total. The molecule has 1 aromatic rings. The Kier molecular flexibility index (Phi) is 2.80. The van der Waals surface area contributed by atoms with Crippen LogP contribution in [0.1, 0.15) is 11.1 Å². The van der Waals surface area contributed by atoms with Gasteiger partial charge in [0.2, 0.25) is 0 Å². The van der Waals surface area contributed by atoms with Crippen LogP contribution in [0, 0.1) is 0 Å². The fraction of sp³-hybridized carbons (Fsp3) is 0.182. The molecule has 1 aromatic carbocycles. The van der Waals surface area contributed by atoms with Gasteiger partial charge in [-0.05, 0) is 23.8 Å². The monoisotopic (exact) mass is 244 g/mol. The third-order valence-electron chi connectivity index (χ3n) is 2.14. The highest BCUT2D eigenvalue weighted by Gasteiger charge is 2.30. The third kappa shape index (κ3) is 2.29. The first kappa shape index (κ1) is 11.3. The Balaban J connectivity index is 2.37. The summed E-state index contributed by atoms with van der Waals surface area (Å²) in [6.45, 7) is 0. The Labute approximate surface area is 94.3 Å². The Morgan fingerprint density at radius 3 is 2.56 bits per heavy atom. The van der Waals surface area contributed by atoms with Crippen molar-refractivity contribution in [3.05, 3.63) is 41.5 Å². The van der Waals surface area contributed by atoms with Gasteiger partial charge >= 0.3 is 6.18 Å². The lowest BCUT2D eigenvalue weighted by atomic mass is 10.1.